The van der Waals surface area contributed by atoms with E-state index in [9.17, 15) is 0 Å². The van der Waals surface area contributed by atoms with Gasteiger partial charge in [-0.25, -0.2) is 15.0 Å². The normalized spacial score (nSPS) is 10.8. The SMILES string of the molecule is Cc1cc(Oc2ccnc3ccccc23)c(-c2ncccn2)nc1C. The zero-order valence-electron chi connectivity index (χ0n) is 14.0. The molecule has 4 aromatic rings. The van der Waals surface area contributed by atoms with Crippen molar-refractivity contribution in [2.45, 2.75) is 13.8 Å². The largest absolute Gasteiger partial charge is 0.454 e. The van der Waals surface area contributed by atoms with Gasteiger partial charge in [-0.3, -0.25) is 4.98 Å². The number of aryl methyl sites for hydroxylation is 2. The molecule has 0 spiro atoms. The minimum Gasteiger partial charge on any atom is -0.454 e. The molecule has 0 aliphatic heterocycles. The summed E-state index contributed by atoms with van der Waals surface area (Å²) < 4.78 is 6.23. The number of aromatic nitrogens is 4. The van der Waals surface area contributed by atoms with Gasteiger partial charge in [0.05, 0.1) is 5.52 Å². The molecule has 0 fully saturated rings. The van der Waals surface area contributed by atoms with Crippen LogP contribution in [0.25, 0.3) is 22.4 Å². The Labute approximate surface area is 145 Å². The molecule has 0 aliphatic rings. The van der Waals surface area contributed by atoms with Gasteiger partial charge in [0.15, 0.2) is 17.3 Å². The third-order valence-corrected chi connectivity index (χ3v) is 4.04. The van der Waals surface area contributed by atoms with Crippen molar-refractivity contribution in [2.75, 3.05) is 0 Å². The van der Waals surface area contributed by atoms with Crippen LogP contribution in [0.3, 0.4) is 0 Å². The van der Waals surface area contributed by atoms with Crippen LogP contribution in [-0.2, 0) is 0 Å². The molecule has 0 N–H and O–H groups in total. The molecule has 5 nitrogen and oxygen atoms in total. The summed E-state index contributed by atoms with van der Waals surface area (Å²) in [6.45, 7) is 3.98. The van der Waals surface area contributed by atoms with Gasteiger partial charge in [-0.15, -0.1) is 0 Å². The van der Waals surface area contributed by atoms with E-state index in [2.05, 4.69) is 19.9 Å². The molecule has 0 unspecified atom stereocenters. The Morgan fingerprint density at radius 1 is 0.800 bits per heavy atom. The summed E-state index contributed by atoms with van der Waals surface area (Å²) in [4.78, 5) is 17.7. The van der Waals surface area contributed by atoms with Gasteiger partial charge in [0.1, 0.15) is 5.75 Å². The second-order valence-electron chi connectivity index (χ2n) is 5.74. The highest BCUT2D eigenvalue weighted by molar-refractivity contribution is 5.85. The average Bonchev–Trinajstić information content (AvgIpc) is 2.65. The van der Waals surface area contributed by atoms with E-state index in [-0.39, 0.29) is 0 Å². The lowest BCUT2D eigenvalue weighted by atomic mass is 10.1. The molecule has 5 heteroatoms. The van der Waals surface area contributed by atoms with Gasteiger partial charge in [-0.05, 0) is 49.7 Å². The molecular weight excluding hydrogens is 312 g/mol. The zero-order chi connectivity index (χ0) is 17.2. The second kappa shape index (κ2) is 6.28. The number of benzene rings is 1. The molecule has 0 aliphatic carbocycles. The standard InChI is InChI=1S/C20H16N4O/c1-13-12-18(19(24-14(13)2)20-22-9-5-10-23-20)25-17-8-11-21-16-7-4-3-6-15(16)17/h3-12H,1-2H3. The monoisotopic (exact) mass is 328 g/mol. The molecule has 0 amide bonds. The van der Waals surface area contributed by atoms with Crippen molar-refractivity contribution >= 4 is 10.9 Å². The molecule has 25 heavy (non-hydrogen) atoms. The lowest BCUT2D eigenvalue weighted by Crippen LogP contribution is -1.99. The topological polar surface area (TPSA) is 60.8 Å². The number of hydrogen-bond donors (Lipinski definition) is 0. The number of fused-ring (bicyclic) bond motifs is 1. The molecule has 0 radical (unpaired) electrons. The Morgan fingerprint density at radius 2 is 1.60 bits per heavy atom. The summed E-state index contributed by atoms with van der Waals surface area (Å²) in [5, 5.41) is 0.947. The molecule has 0 saturated carbocycles. The van der Waals surface area contributed by atoms with Crippen molar-refractivity contribution in [3.8, 4) is 23.0 Å². The minimum atomic E-state index is 0.541. The van der Waals surface area contributed by atoms with Crippen molar-refractivity contribution in [3.63, 3.8) is 0 Å². The van der Waals surface area contributed by atoms with Crippen molar-refractivity contribution < 1.29 is 4.74 Å². The van der Waals surface area contributed by atoms with Crippen LogP contribution in [0.15, 0.2) is 61.1 Å². The Bertz CT molecular complexity index is 1040. The van der Waals surface area contributed by atoms with E-state index >= 15 is 0 Å². The van der Waals surface area contributed by atoms with E-state index < -0.39 is 0 Å². The Kier molecular flexibility index (Phi) is 3.82. The highest BCUT2D eigenvalue weighted by Gasteiger charge is 2.15. The van der Waals surface area contributed by atoms with Gasteiger partial charge in [-0.2, -0.15) is 0 Å². The Balaban J connectivity index is 1.86. The highest BCUT2D eigenvalue weighted by Crippen LogP contribution is 2.34. The first kappa shape index (κ1) is 15.2. The van der Waals surface area contributed by atoms with Crippen LogP contribution in [0.5, 0.6) is 11.5 Å². The molecule has 3 heterocycles. The third-order valence-electron chi connectivity index (χ3n) is 4.04. The Hall–Kier alpha value is -3.34. The van der Waals surface area contributed by atoms with E-state index in [1.54, 1.807) is 24.7 Å². The van der Waals surface area contributed by atoms with Crippen LogP contribution < -0.4 is 4.74 Å². The first-order valence-corrected chi connectivity index (χ1v) is 7.99. The number of para-hydroxylation sites is 1. The maximum absolute atomic E-state index is 6.23. The van der Waals surface area contributed by atoms with Crippen molar-refractivity contribution in [2.24, 2.45) is 0 Å². The first-order chi connectivity index (χ1) is 12.2. The maximum atomic E-state index is 6.23. The number of rotatable bonds is 3. The summed E-state index contributed by atoms with van der Waals surface area (Å²) in [6, 6.07) is 13.5. The van der Waals surface area contributed by atoms with E-state index in [1.165, 1.54) is 0 Å². The van der Waals surface area contributed by atoms with Crippen molar-refractivity contribution in [1.29, 1.82) is 0 Å². The lowest BCUT2D eigenvalue weighted by Gasteiger charge is -2.13. The van der Waals surface area contributed by atoms with Gasteiger partial charge in [0, 0.05) is 29.7 Å². The van der Waals surface area contributed by atoms with E-state index in [1.807, 2.05) is 50.2 Å². The number of nitrogens with zero attached hydrogens (tertiary/aromatic N) is 4. The zero-order valence-corrected chi connectivity index (χ0v) is 14.0. The van der Waals surface area contributed by atoms with Crippen molar-refractivity contribution in [1.82, 2.24) is 19.9 Å². The van der Waals surface area contributed by atoms with Crippen molar-refractivity contribution in [3.05, 3.63) is 72.3 Å². The molecule has 4 rings (SSSR count). The van der Waals surface area contributed by atoms with Crippen LogP contribution in [0.2, 0.25) is 0 Å². The van der Waals surface area contributed by atoms with Gasteiger partial charge in [0.2, 0.25) is 0 Å². The Morgan fingerprint density at radius 3 is 2.44 bits per heavy atom. The van der Waals surface area contributed by atoms with E-state index in [0.717, 1.165) is 27.9 Å². The molecule has 1 aromatic carbocycles. The predicted octanol–water partition coefficient (Wildman–Crippen LogP) is 4.50. The van der Waals surface area contributed by atoms with Gasteiger partial charge >= 0.3 is 0 Å². The average molecular weight is 328 g/mol. The fourth-order valence-electron chi connectivity index (χ4n) is 2.62. The first-order valence-electron chi connectivity index (χ1n) is 7.99. The number of ether oxygens (including phenoxy) is 1. The summed E-state index contributed by atoms with van der Waals surface area (Å²) in [6.07, 6.45) is 5.14. The fraction of sp³-hybridized carbons (Fsp3) is 0.100. The summed E-state index contributed by atoms with van der Waals surface area (Å²) in [5.41, 5.74) is 3.49. The van der Waals surface area contributed by atoms with Gasteiger partial charge < -0.3 is 4.74 Å². The lowest BCUT2D eigenvalue weighted by molar-refractivity contribution is 0.486. The summed E-state index contributed by atoms with van der Waals surface area (Å²) in [7, 11) is 0. The molecule has 0 saturated heterocycles. The second-order valence-corrected chi connectivity index (χ2v) is 5.74. The van der Waals surface area contributed by atoms with Crippen LogP contribution in [0, 0.1) is 13.8 Å². The third kappa shape index (κ3) is 2.92. The number of hydrogen-bond acceptors (Lipinski definition) is 5. The summed E-state index contributed by atoms with van der Waals surface area (Å²) in [5.74, 6) is 1.90. The smallest absolute Gasteiger partial charge is 0.181 e. The van der Waals surface area contributed by atoms with E-state index in [4.69, 9.17) is 4.74 Å². The van der Waals surface area contributed by atoms with Crippen LogP contribution in [-0.4, -0.2) is 19.9 Å². The van der Waals surface area contributed by atoms with Gasteiger partial charge in [0.25, 0.3) is 0 Å². The number of pyridine rings is 2. The molecule has 3 aromatic heterocycles. The highest BCUT2D eigenvalue weighted by atomic mass is 16.5. The molecular formula is C20H16N4O. The summed E-state index contributed by atoms with van der Waals surface area (Å²) >= 11 is 0. The molecule has 122 valence electrons. The van der Waals surface area contributed by atoms with Gasteiger partial charge in [-0.1, -0.05) is 12.1 Å². The van der Waals surface area contributed by atoms with E-state index in [0.29, 0.717) is 17.3 Å². The maximum Gasteiger partial charge on any atom is 0.181 e. The minimum absolute atomic E-state index is 0.541. The van der Waals surface area contributed by atoms with Crippen LogP contribution in [0.4, 0.5) is 0 Å². The fourth-order valence-corrected chi connectivity index (χ4v) is 2.62. The molecule has 0 bridgehead atoms. The quantitative estimate of drug-likeness (QED) is 0.554. The predicted molar refractivity (Wildman–Crippen MR) is 96.6 cm³/mol. The van der Waals surface area contributed by atoms with Crippen LogP contribution >= 0.6 is 0 Å². The van der Waals surface area contributed by atoms with Crippen LogP contribution in [0.1, 0.15) is 11.3 Å². The molecule has 0 atom stereocenters.